The highest BCUT2D eigenvalue weighted by atomic mass is 35.5. The molecule has 26 heavy (non-hydrogen) atoms. The van der Waals surface area contributed by atoms with Gasteiger partial charge in [-0.3, -0.25) is 4.79 Å². The number of rotatable bonds is 5. The summed E-state index contributed by atoms with van der Waals surface area (Å²) in [6.45, 7) is 0. The molecule has 0 unspecified atom stereocenters. The third-order valence-electron chi connectivity index (χ3n) is 4.48. The van der Waals surface area contributed by atoms with Crippen LogP contribution in [0.3, 0.4) is 0 Å². The number of nitrogens with one attached hydrogen (secondary N) is 1. The second kappa shape index (κ2) is 8.81. The van der Waals surface area contributed by atoms with Gasteiger partial charge in [0.15, 0.2) is 0 Å². The minimum Gasteiger partial charge on any atom is -0.444 e. The number of carbonyl (C=O) groups is 2. The van der Waals surface area contributed by atoms with Crippen molar-refractivity contribution in [3.8, 4) is 0 Å². The van der Waals surface area contributed by atoms with E-state index in [9.17, 15) is 9.59 Å². The Kier molecular flexibility index (Phi) is 6.23. The summed E-state index contributed by atoms with van der Waals surface area (Å²) in [5.41, 5.74) is 0.886. The molecule has 1 aromatic carbocycles. The van der Waals surface area contributed by atoms with Crippen molar-refractivity contribution in [2.75, 3.05) is 0 Å². The summed E-state index contributed by atoms with van der Waals surface area (Å²) >= 11 is 5.75. The first-order valence-corrected chi connectivity index (χ1v) is 9.19. The minimum absolute atomic E-state index is 0.137. The number of halogens is 1. The number of pyridine rings is 1. The first-order valence-electron chi connectivity index (χ1n) is 8.81. The lowest BCUT2D eigenvalue weighted by Crippen LogP contribution is -2.40. The van der Waals surface area contributed by atoms with Crippen molar-refractivity contribution in [2.45, 2.75) is 44.2 Å². The molecular weight excluding hydrogens is 352 g/mol. The van der Waals surface area contributed by atoms with Crippen molar-refractivity contribution in [1.82, 2.24) is 10.3 Å². The van der Waals surface area contributed by atoms with Gasteiger partial charge in [0, 0.05) is 17.8 Å². The molecule has 6 heteroatoms. The Balaban J connectivity index is 1.75. The first-order chi connectivity index (χ1) is 12.6. The third kappa shape index (κ3) is 4.82. The maximum absolute atomic E-state index is 12.8. The van der Waals surface area contributed by atoms with Gasteiger partial charge in [0.2, 0.25) is 6.10 Å². The van der Waals surface area contributed by atoms with Gasteiger partial charge in [-0.05, 0) is 25.0 Å². The number of nitrogens with zero attached hydrogens (tertiary/aromatic N) is 1. The Bertz CT molecular complexity index is 743. The van der Waals surface area contributed by atoms with Crippen LogP contribution in [-0.2, 0) is 9.53 Å². The lowest BCUT2D eigenvalue weighted by molar-refractivity contribution is -0.131. The topological polar surface area (TPSA) is 68.3 Å². The van der Waals surface area contributed by atoms with Crippen LogP contribution in [0.5, 0.6) is 0 Å². The van der Waals surface area contributed by atoms with Crippen LogP contribution in [0.4, 0.5) is 0 Å². The van der Waals surface area contributed by atoms with Gasteiger partial charge in [-0.2, -0.15) is 0 Å². The van der Waals surface area contributed by atoms with Crippen molar-refractivity contribution in [3.63, 3.8) is 0 Å². The van der Waals surface area contributed by atoms with Crippen molar-refractivity contribution in [1.29, 1.82) is 0 Å². The number of carbonyl (C=O) groups excluding carboxylic acids is 2. The minimum atomic E-state index is -0.999. The maximum Gasteiger partial charge on any atom is 0.340 e. The Labute approximate surface area is 157 Å². The van der Waals surface area contributed by atoms with Gasteiger partial charge in [-0.15, -0.1) is 0 Å². The summed E-state index contributed by atoms with van der Waals surface area (Å²) in [5.74, 6) is -0.903. The highest BCUT2D eigenvalue weighted by Crippen LogP contribution is 2.22. The molecular formula is C20H21ClN2O3. The number of hydrogen-bond donors (Lipinski definition) is 1. The van der Waals surface area contributed by atoms with E-state index in [2.05, 4.69) is 10.3 Å². The van der Waals surface area contributed by atoms with E-state index in [1.807, 2.05) is 18.2 Å². The lowest BCUT2D eigenvalue weighted by atomic mass is 9.95. The van der Waals surface area contributed by atoms with E-state index in [4.69, 9.17) is 16.3 Å². The Hall–Kier alpha value is -2.40. The van der Waals surface area contributed by atoms with Crippen molar-refractivity contribution in [2.24, 2.45) is 0 Å². The molecule has 0 bridgehead atoms. The molecule has 3 rings (SSSR count). The average Bonchev–Trinajstić information content (AvgIpc) is 2.68. The normalized spacial score (nSPS) is 15.9. The second-order valence-electron chi connectivity index (χ2n) is 6.41. The maximum atomic E-state index is 12.8. The fourth-order valence-electron chi connectivity index (χ4n) is 3.10. The Morgan fingerprint density at radius 2 is 1.81 bits per heavy atom. The summed E-state index contributed by atoms with van der Waals surface area (Å²) in [6, 6.07) is 12.2. The van der Waals surface area contributed by atoms with Crippen LogP contribution in [0, 0.1) is 0 Å². The molecule has 0 saturated heterocycles. The molecule has 0 spiro atoms. The fourth-order valence-corrected chi connectivity index (χ4v) is 3.21. The third-order valence-corrected chi connectivity index (χ3v) is 4.70. The number of esters is 1. The first kappa shape index (κ1) is 18.4. The quantitative estimate of drug-likeness (QED) is 0.634. The highest BCUT2D eigenvalue weighted by molar-refractivity contribution is 6.29. The van der Waals surface area contributed by atoms with E-state index in [1.54, 1.807) is 12.1 Å². The molecule has 1 atom stereocenters. The van der Waals surface area contributed by atoms with Crippen LogP contribution < -0.4 is 5.32 Å². The van der Waals surface area contributed by atoms with Gasteiger partial charge in [-0.1, -0.05) is 61.2 Å². The van der Waals surface area contributed by atoms with Crippen LogP contribution in [0.2, 0.25) is 5.15 Å². The molecule has 5 nitrogen and oxygen atoms in total. The number of hydrogen-bond acceptors (Lipinski definition) is 4. The second-order valence-corrected chi connectivity index (χ2v) is 6.80. The zero-order valence-corrected chi connectivity index (χ0v) is 15.1. The van der Waals surface area contributed by atoms with Crippen LogP contribution in [-0.4, -0.2) is 22.9 Å². The molecule has 0 aliphatic heterocycles. The standard InChI is InChI=1S/C20H21ClN2O3/c21-17-12-11-15(13-22-17)20(25)26-18(14-7-3-1-4-8-14)19(24)23-16-9-5-2-6-10-16/h1,3-4,7-8,11-13,16,18H,2,5-6,9-10H2,(H,23,24)/t18-/m1/s1. The van der Waals surface area contributed by atoms with E-state index >= 15 is 0 Å². The molecule has 1 aliphatic carbocycles. The molecule has 136 valence electrons. The molecule has 1 aromatic heterocycles. The summed E-state index contributed by atoms with van der Waals surface area (Å²) in [5, 5.41) is 3.32. The zero-order valence-electron chi connectivity index (χ0n) is 14.4. The van der Waals surface area contributed by atoms with Crippen molar-refractivity contribution < 1.29 is 14.3 Å². The largest absolute Gasteiger partial charge is 0.444 e. The average molecular weight is 373 g/mol. The number of amides is 1. The van der Waals surface area contributed by atoms with Crippen molar-refractivity contribution >= 4 is 23.5 Å². The number of benzene rings is 1. The number of ether oxygens (including phenoxy) is 1. The molecule has 0 radical (unpaired) electrons. The Morgan fingerprint density at radius 1 is 1.08 bits per heavy atom. The van der Waals surface area contributed by atoms with Gasteiger partial charge in [-0.25, -0.2) is 9.78 Å². The molecule has 1 aliphatic rings. The molecule has 1 amide bonds. The number of aromatic nitrogens is 1. The van der Waals surface area contributed by atoms with Crippen LogP contribution in [0.25, 0.3) is 0 Å². The van der Waals surface area contributed by atoms with E-state index in [-0.39, 0.29) is 22.7 Å². The predicted octanol–water partition coefficient (Wildman–Crippen LogP) is 4.08. The van der Waals surface area contributed by atoms with Crippen LogP contribution >= 0.6 is 11.6 Å². The highest BCUT2D eigenvalue weighted by Gasteiger charge is 2.28. The van der Waals surface area contributed by atoms with E-state index < -0.39 is 12.1 Å². The molecule has 2 aromatic rings. The summed E-state index contributed by atoms with van der Waals surface area (Å²) in [4.78, 5) is 29.1. The monoisotopic (exact) mass is 372 g/mol. The van der Waals surface area contributed by atoms with E-state index in [1.165, 1.54) is 24.8 Å². The van der Waals surface area contributed by atoms with Gasteiger partial charge in [0.25, 0.3) is 5.91 Å². The fraction of sp³-hybridized carbons (Fsp3) is 0.350. The Morgan fingerprint density at radius 3 is 2.46 bits per heavy atom. The van der Waals surface area contributed by atoms with Gasteiger partial charge < -0.3 is 10.1 Å². The summed E-state index contributed by atoms with van der Waals surface area (Å²) in [7, 11) is 0. The van der Waals surface area contributed by atoms with Crippen molar-refractivity contribution in [3.05, 3.63) is 64.9 Å². The van der Waals surface area contributed by atoms with Gasteiger partial charge in [0.1, 0.15) is 5.15 Å². The molecule has 1 heterocycles. The van der Waals surface area contributed by atoms with E-state index in [0.29, 0.717) is 5.56 Å². The molecule has 1 N–H and O–H groups in total. The predicted molar refractivity (Wildman–Crippen MR) is 98.9 cm³/mol. The van der Waals surface area contributed by atoms with Crippen LogP contribution in [0.15, 0.2) is 48.7 Å². The lowest BCUT2D eigenvalue weighted by Gasteiger charge is -2.25. The summed E-state index contributed by atoms with van der Waals surface area (Å²) in [6.07, 6.45) is 5.68. The van der Waals surface area contributed by atoms with E-state index in [0.717, 1.165) is 25.7 Å². The van der Waals surface area contributed by atoms with Gasteiger partial charge in [0.05, 0.1) is 5.56 Å². The van der Waals surface area contributed by atoms with Crippen LogP contribution in [0.1, 0.15) is 54.1 Å². The zero-order chi connectivity index (χ0) is 18.4. The molecule has 1 fully saturated rings. The SMILES string of the molecule is O=C(O[C@@H](C(=O)NC1CCCCC1)c1ccccc1)c1ccc(Cl)nc1. The van der Waals surface area contributed by atoms with Gasteiger partial charge >= 0.3 is 5.97 Å². The molecule has 1 saturated carbocycles. The smallest absolute Gasteiger partial charge is 0.340 e. The summed E-state index contributed by atoms with van der Waals surface area (Å²) < 4.78 is 5.53.